The molecule has 2 aliphatic rings. The van der Waals surface area contributed by atoms with Crippen molar-refractivity contribution in [3.05, 3.63) is 41.6 Å². The van der Waals surface area contributed by atoms with Gasteiger partial charge < -0.3 is 10.6 Å². The van der Waals surface area contributed by atoms with Gasteiger partial charge in [0.25, 0.3) is 0 Å². The lowest BCUT2D eigenvalue weighted by Crippen LogP contribution is -2.35. The van der Waals surface area contributed by atoms with E-state index in [1.54, 1.807) is 6.20 Å². The first kappa shape index (κ1) is 19.1. The van der Waals surface area contributed by atoms with Crippen molar-refractivity contribution < 1.29 is 0 Å². The Morgan fingerprint density at radius 2 is 1.41 bits per heavy atom. The third-order valence-corrected chi connectivity index (χ3v) is 6.05. The number of nitrogens with zero attached hydrogens (tertiary/aromatic N) is 9. The average molecular weight is 432 g/mol. The molecule has 2 N–H and O–H groups in total. The molecule has 0 saturated heterocycles. The highest BCUT2D eigenvalue weighted by Gasteiger charge is 2.25. The fourth-order valence-corrected chi connectivity index (χ4v) is 4.59. The lowest BCUT2D eigenvalue weighted by atomic mass is 10.1. The minimum Gasteiger partial charge on any atom is -0.362 e. The molecule has 2 unspecified atom stereocenters. The molecule has 0 aliphatic carbocycles. The summed E-state index contributed by atoms with van der Waals surface area (Å²) in [4.78, 5) is 23.1. The standard InChI is InChI=1S/C21H25N11/c1-12-23-17-7-5-14(10-31(17)29-12)25-20-21(28-19-16(27-20)4-3-9-22-19)26-15-6-8-18-24-13(2)30-32(18)11-15/h3-4,9,14-15H,5-8,10-11H2,1-2H3,(H,25,27)(H,22,26,28). The summed E-state index contributed by atoms with van der Waals surface area (Å²) in [7, 11) is 0. The smallest absolute Gasteiger partial charge is 0.180 e. The van der Waals surface area contributed by atoms with Crippen LogP contribution in [0.5, 0.6) is 0 Å². The van der Waals surface area contributed by atoms with Crippen LogP contribution in [0.2, 0.25) is 0 Å². The number of anilines is 2. The molecule has 0 bridgehead atoms. The number of pyridine rings is 1. The first-order chi connectivity index (χ1) is 15.6. The number of rotatable bonds is 4. The second-order valence-corrected chi connectivity index (χ2v) is 8.54. The Balaban J connectivity index is 1.28. The van der Waals surface area contributed by atoms with Gasteiger partial charge >= 0.3 is 0 Å². The summed E-state index contributed by atoms with van der Waals surface area (Å²) in [6.45, 7) is 5.38. The molecule has 0 spiro atoms. The lowest BCUT2D eigenvalue weighted by molar-refractivity contribution is 0.437. The monoisotopic (exact) mass is 431 g/mol. The van der Waals surface area contributed by atoms with Crippen molar-refractivity contribution in [3.8, 4) is 0 Å². The molecule has 164 valence electrons. The topological polar surface area (TPSA) is 124 Å². The van der Waals surface area contributed by atoms with E-state index in [0.717, 1.165) is 79.2 Å². The summed E-state index contributed by atoms with van der Waals surface area (Å²) in [5, 5.41) is 16.3. The van der Waals surface area contributed by atoms with E-state index in [0.29, 0.717) is 5.65 Å². The molecule has 6 rings (SSSR count). The van der Waals surface area contributed by atoms with Crippen LogP contribution >= 0.6 is 0 Å². The maximum Gasteiger partial charge on any atom is 0.180 e. The molecular weight excluding hydrogens is 406 g/mol. The molecule has 0 aromatic carbocycles. The second-order valence-electron chi connectivity index (χ2n) is 8.54. The molecule has 2 atom stereocenters. The van der Waals surface area contributed by atoms with Gasteiger partial charge in [0.05, 0.1) is 13.1 Å². The van der Waals surface area contributed by atoms with Crippen LogP contribution in [0.15, 0.2) is 18.3 Å². The van der Waals surface area contributed by atoms with Crippen molar-refractivity contribution in [1.29, 1.82) is 0 Å². The zero-order valence-electron chi connectivity index (χ0n) is 18.2. The van der Waals surface area contributed by atoms with Gasteiger partial charge in [-0.2, -0.15) is 10.2 Å². The Labute approximate surface area is 184 Å². The number of aromatic nitrogens is 9. The van der Waals surface area contributed by atoms with Gasteiger partial charge in [-0.3, -0.25) is 0 Å². The first-order valence-electron chi connectivity index (χ1n) is 11.1. The quantitative estimate of drug-likeness (QED) is 0.496. The number of hydrogen-bond acceptors (Lipinski definition) is 9. The van der Waals surface area contributed by atoms with Crippen molar-refractivity contribution >= 4 is 22.8 Å². The van der Waals surface area contributed by atoms with Gasteiger partial charge in [0.15, 0.2) is 17.3 Å². The Bertz CT molecular complexity index is 1190. The fourth-order valence-electron chi connectivity index (χ4n) is 4.59. The lowest BCUT2D eigenvalue weighted by Gasteiger charge is -2.27. The minimum absolute atomic E-state index is 0.190. The molecule has 0 radical (unpaired) electrons. The molecule has 11 nitrogen and oxygen atoms in total. The summed E-state index contributed by atoms with van der Waals surface area (Å²) < 4.78 is 3.99. The number of nitrogens with one attached hydrogen (secondary N) is 2. The maximum atomic E-state index is 4.87. The molecule has 4 aromatic rings. The summed E-state index contributed by atoms with van der Waals surface area (Å²) in [5.74, 6) is 5.20. The Morgan fingerprint density at radius 3 is 2.03 bits per heavy atom. The van der Waals surface area contributed by atoms with E-state index in [-0.39, 0.29) is 12.1 Å². The van der Waals surface area contributed by atoms with Gasteiger partial charge in [-0.15, -0.1) is 0 Å². The minimum atomic E-state index is 0.190. The van der Waals surface area contributed by atoms with Gasteiger partial charge in [0.1, 0.15) is 28.8 Å². The summed E-state index contributed by atoms with van der Waals surface area (Å²) in [6, 6.07) is 4.21. The van der Waals surface area contributed by atoms with E-state index in [1.807, 2.05) is 35.3 Å². The van der Waals surface area contributed by atoms with Crippen LogP contribution in [0.3, 0.4) is 0 Å². The van der Waals surface area contributed by atoms with Crippen molar-refractivity contribution in [2.45, 2.75) is 64.7 Å². The number of fused-ring (bicyclic) bond motifs is 3. The average Bonchev–Trinajstić information content (AvgIpc) is 3.33. The normalized spacial score (nSPS) is 20.1. The Hall–Kier alpha value is -3.63. The van der Waals surface area contributed by atoms with Gasteiger partial charge in [0, 0.05) is 31.1 Å². The van der Waals surface area contributed by atoms with Crippen molar-refractivity contribution in [2.75, 3.05) is 10.6 Å². The SMILES string of the molecule is Cc1nc2n(n1)CC(Nc1nc3cccnc3nc1NC1CCc3nc(C)nn3C1)CC2. The van der Waals surface area contributed by atoms with Gasteiger partial charge in [-0.25, -0.2) is 34.3 Å². The van der Waals surface area contributed by atoms with Crippen molar-refractivity contribution in [1.82, 2.24) is 44.5 Å². The molecule has 6 heterocycles. The molecule has 4 aromatic heterocycles. The highest BCUT2D eigenvalue weighted by Crippen LogP contribution is 2.26. The molecule has 0 saturated carbocycles. The molecule has 0 amide bonds. The predicted octanol–water partition coefficient (Wildman–Crippen LogP) is 1.68. The third-order valence-electron chi connectivity index (χ3n) is 6.05. The molecule has 32 heavy (non-hydrogen) atoms. The number of aryl methyl sites for hydroxylation is 4. The third kappa shape index (κ3) is 3.53. The van der Waals surface area contributed by atoms with Crippen molar-refractivity contribution in [3.63, 3.8) is 0 Å². The predicted molar refractivity (Wildman–Crippen MR) is 118 cm³/mol. The number of hydrogen-bond donors (Lipinski definition) is 2. The maximum absolute atomic E-state index is 4.87. The van der Waals surface area contributed by atoms with E-state index in [9.17, 15) is 0 Å². The van der Waals surface area contributed by atoms with Crippen LogP contribution in [0.4, 0.5) is 11.6 Å². The van der Waals surface area contributed by atoms with Crippen molar-refractivity contribution in [2.24, 2.45) is 0 Å². The van der Waals surface area contributed by atoms with Gasteiger partial charge in [0.2, 0.25) is 0 Å². The van der Waals surface area contributed by atoms with Crippen LogP contribution in [0, 0.1) is 13.8 Å². The first-order valence-corrected chi connectivity index (χ1v) is 11.1. The Kier molecular flexibility index (Phi) is 4.47. The van der Waals surface area contributed by atoms with Crippen LogP contribution in [0.1, 0.15) is 36.1 Å². The van der Waals surface area contributed by atoms with Crippen LogP contribution in [0.25, 0.3) is 11.2 Å². The summed E-state index contributed by atoms with van der Waals surface area (Å²) >= 11 is 0. The Morgan fingerprint density at radius 1 is 0.812 bits per heavy atom. The fraction of sp³-hybridized carbons (Fsp3) is 0.476. The second kappa shape index (κ2) is 7.50. The van der Waals surface area contributed by atoms with E-state index in [1.165, 1.54) is 0 Å². The van der Waals surface area contributed by atoms with Gasteiger partial charge in [-0.1, -0.05) is 0 Å². The highest BCUT2D eigenvalue weighted by atomic mass is 15.4. The zero-order valence-corrected chi connectivity index (χ0v) is 18.2. The van der Waals surface area contributed by atoms with Crippen LogP contribution in [-0.4, -0.2) is 56.6 Å². The van der Waals surface area contributed by atoms with Crippen LogP contribution < -0.4 is 10.6 Å². The molecule has 2 aliphatic heterocycles. The highest BCUT2D eigenvalue weighted by molar-refractivity contribution is 5.77. The van der Waals surface area contributed by atoms with Gasteiger partial charge in [-0.05, 0) is 38.8 Å². The molecular formula is C21H25N11. The van der Waals surface area contributed by atoms with E-state index < -0.39 is 0 Å². The van der Waals surface area contributed by atoms with E-state index >= 15 is 0 Å². The largest absolute Gasteiger partial charge is 0.362 e. The van der Waals surface area contributed by atoms with E-state index in [2.05, 4.69) is 35.8 Å². The summed E-state index contributed by atoms with van der Waals surface area (Å²) in [6.07, 6.45) is 5.45. The van der Waals surface area contributed by atoms with E-state index in [4.69, 9.17) is 9.97 Å². The molecule has 11 heteroatoms. The zero-order chi connectivity index (χ0) is 21.7. The summed E-state index contributed by atoms with van der Waals surface area (Å²) in [5.41, 5.74) is 1.40. The van der Waals surface area contributed by atoms with Crippen LogP contribution in [-0.2, 0) is 25.9 Å². The molecule has 0 fully saturated rings.